The van der Waals surface area contributed by atoms with Gasteiger partial charge in [0.2, 0.25) is 0 Å². The Bertz CT molecular complexity index is 3870. The van der Waals surface area contributed by atoms with Gasteiger partial charge in [0.25, 0.3) is 0 Å². The lowest BCUT2D eigenvalue weighted by atomic mass is 9.85. The van der Waals surface area contributed by atoms with Crippen LogP contribution in [0.2, 0.25) is 0 Å². The minimum atomic E-state index is 0.967. The van der Waals surface area contributed by atoms with Crippen molar-refractivity contribution in [2.75, 3.05) is 0 Å². The van der Waals surface area contributed by atoms with Gasteiger partial charge in [-0.1, -0.05) is 158 Å². The zero-order valence-electron chi connectivity index (χ0n) is 34.4. The van der Waals surface area contributed by atoms with Crippen LogP contribution in [0.25, 0.3) is 77.9 Å². The fourth-order valence-corrected chi connectivity index (χ4v) is 10.5. The first-order valence-corrected chi connectivity index (χ1v) is 21.8. The Balaban J connectivity index is 0.900. The first kappa shape index (κ1) is 35.0. The van der Waals surface area contributed by atoms with E-state index < -0.39 is 0 Å². The largest absolute Gasteiger partial charge is 0.248 e. The van der Waals surface area contributed by atoms with Crippen LogP contribution < -0.4 is 21.4 Å². The predicted octanol–water partition coefficient (Wildman–Crippen LogP) is 13.0. The van der Waals surface area contributed by atoms with Crippen molar-refractivity contribution in [2.24, 2.45) is 20.0 Å². The van der Waals surface area contributed by atoms with E-state index >= 15 is 0 Å². The van der Waals surface area contributed by atoms with E-state index in [0.717, 1.165) is 99.1 Å². The molecule has 0 amide bonds. The minimum absolute atomic E-state index is 0.967. The topological polar surface area (TPSA) is 49.4 Å². The molecule has 4 heteroatoms. The fourth-order valence-electron chi connectivity index (χ4n) is 10.5. The Morgan fingerprint density at radius 1 is 0.203 bits per heavy atom. The van der Waals surface area contributed by atoms with Crippen LogP contribution in [0.3, 0.4) is 0 Å². The second-order valence-electron chi connectivity index (χ2n) is 16.8. The number of hydrogen-bond donors (Lipinski definition) is 0. The molecule has 4 aliphatic rings. The van der Waals surface area contributed by atoms with Gasteiger partial charge in [0.1, 0.15) is 0 Å². The summed E-state index contributed by atoms with van der Waals surface area (Å²) in [5.41, 5.74) is 20.1. The summed E-state index contributed by atoms with van der Waals surface area (Å²) in [6, 6.07) is 73.9. The monoisotopic (exact) mass is 810 g/mol. The quantitative estimate of drug-likeness (QED) is 0.166. The van der Waals surface area contributed by atoms with E-state index in [1.807, 2.05) is 0 Å². The highest BCUT2D eigenvalue weighted by molar-refractivity contribution is 6.05. The number of fused-ring (bicyclic) bond motifs is 12. The standard InChI is InChI=1S/C60H34N4/c1-3-11-37(12-4-1)41-27-31-49-55(57-51(61-49)33-29-45-43-15-7-9-17-47(43)63-59(45)57)53(41)39-23-19-35(20-24-39)36-21-25-40(26-22-36)54-42(38-13-5-2-6-14-38)28-32-50-56(54)58-52(62-50)34-30-46-44-16-8-10-18-48(44)64-60(46)58/h1-34H. The average molecular weight is 811 g/mol. The number of nitrogens with zero attached hydrogens (tertiary/aromatic N) is 4. The maximum atomic E-state index is 5.21. The second kappa shape index (κ2) is 13.4. The Morgan fingerprint density at radius 3 is 1.03 bits per heavy atom. The van der Waals surface area contributed by atoms with Crippen molar-refractivity contribution in [2.45, 2.75) is 0 Å². The molecular formula is C60H34N4. The van der Waals surface area contributed by atoms with Crippen molar-refractivity contribution >= 4 is 22.7 Å². The zero-order chi connectivity index (χ0) is 41.9. The third-order valence-corrected chi connectivity index (χ3v) is 13.4. The molecule has 14 rings (SSSR count). The van der Waals surface area contributed by atoms with Crippen LogP contribution in [0.5, 0.6) is 0 Å². The molecule has 10 aromatic carbocycles. The average Bonchev–Trinajstić information content (AvgIpc) is 4.14. The Labute approximate surface area is 367 Å². The molecule has 4 nitrogen and oxygen atoms in total. The van der Waals surface area contributed by atoms with Crippen LogP contribution in [0.1, 0.15) is 0 Å². The molecule has 4 aliphatic heterocycles. The Kier molecular flexibility index (Phi) is 7.36. The summed E-state index contributed by atoms with van der Waals surface area (Å²) in [4.78, 5) is 20.8. The first-order valence-electron chi connectivity index (χ1n) is 21.8. The zero-order valence-corrected chi connectivity index (χ0v) is 34.4. The van der Waals surface area contributed by atoms with Gasteiger partial charge in [-0.15, -0.1) is 0 Å². The van der Waals surface area contributed by atoms with E-state index in [9.17, 15) is 0 Å². The van der Waals surface area contributed by atoms with Crippen LogP contribution >= 0.6 is 0 Å². The molecule has 0 bridgehead atoms. The van der Waals surface area contributed by atoms with Crippen molar-refractivity contribution in [1.82, 2.24) is 0 Å². The van der Waals surface area contributed by atoms with Gasteiger partial charge >= 0.3 is 0 Å². The van der Waals surface area contributed by atoms with Gasteiger partial charge in [0.05, 0.1) is 44.2 Å². The highest BCUT2D eigenvalue weighted by Crippen LogP contribution is 2.51. The van der Waals surface area contributed by atoms with Gasteiger partial charge in [-0.25, -0.2) is 20.0 Å². The summed E-state index contributed by atoms with van der Waals surface area (Å²) in [6.45, 7) is 0. The van der Waals surface area contributed by atoms with Gasteiger partial charge < -0.3 is 0 Å². The lowest BCUT2D eigenvalue weighted by molar-refractivity contribution is 1.36. The first-order chi connectivity index (χ1) is 31.7. The normalized spacial score (nSPS) is 12.6. The number of para-hydroxylation sites is 2. The molecule has 0 aromatic heterocycles. The smallest absolute Gasteiger partial charge is 0.0817 e. The number of hydrogen-bond acceptors (Lipinski definition) is 4. The summed E-state index contributed by atoms with van der Waals surface area (Å²) in [6.07, 6.45) is 0. The molecule has 294 valence electrons. The lowest BCUT2D eigenvalue weighted by Crippen LogP contribution is -2.01. The molecular weight excluding hydrogens is 777 g/mol. The van der Waals surface area contributed by atoms with Crippen LogP contribution in [-0.4, -0.2) is 0 Å². The molecule has 0 fully saturated rings. The molecule has 0 saturated heterocycles. The van der Waals surface area contributed by atoms with E-state index in [2.05, 4.69) is 206 Å². The lowest BCUT2D eigenvalue weighted by Gasteiger charge is -2.18. The molecule has 0 radical (unpaired) electrons. The summed E-state index contributed by atoms with van der Waals surface area (Å²) in [7, 11) is 0. The molecule has 0 saturated carbocycles. The molecule has 0 unspecified atom stereocenters. The van der Waals surface area contributed by atoms with Crippen LogP contribution in [0.15, 0.2) is 226 Å². The van der Waals surface area contributed by atoms with Crippen molar-refractivity contribution in [3.05, 3.63) is 249 Å². The van der Waals surface area contributed by atoms with Crippen molar-refractivity contribution in [3.8, 4) is 77.9 Å². The third kappa shape index (κ3) is 5.11. The van der Waals surface area contributed by atoms with Crippen molar-refractivity contribution < 1.29 is 0 Å². The molecule has 0 spiro atoms. The number of benzene rings is 10. The summed E-state index contributed by atoms with van der Waals surface area (Å²) < 4.78 is 0. The summed E-state index contributed by atoms with van der Waals surface area (Å²) in [5, 5.41) is 8.60. The van der Waals surface area contributed by atoms with Crippen molar-refractivity contribution in [3.63, 3.8) is 0 Å². The van der Waals surface area contributed by atoms with E-state index in [1.165, 1.54) is 43.8 Å². The minimum Gasteiger partial charge on any atom is -0.248 e. The number of rotatable bonds is 5. The van der Waals surface area contributed by atoms with Gasteiger partial charge in [-0.3, -0.25) is 0 Å². The highest BCUT2D eigenvalue weighted by atomic mass is 14.8. The summed E-state index contributed by atoms with van der Waals surface area (Å²) in [5.74, 6) is 0. The SMILES string of the molecule is c1ccc(-c2ccc3c(c2-c2ccc(-c4ccc(-c5c(-c6ccccc6)ccc6c5-c5c7c(ccc5=N6)=c5ccccc5=N7)cc4)cc2)-c2c4c(ccc2=N3)=c2ccccc2=N4)cc1. The maximum Gasteiger partial charge on any atom is 0.0817 e. The van der Waals surface area contributed by atoms with Gasteiger partial charge in [-0.05, 0) is 104 Å². The van der Waals surface area contributed by atoms with Gasteiger partial charge in [0, 0.05) is 43.1 Å². The Hall–Kier alpha value is -8.60. The molecule has 4 heterocycles. The molecule has 0 N–H and O–H groups in total. The molecule has 10 aromatic rings. The third-order valence-electron chi connectivity index (χ3n) is 13.4. The van der Waals surface area contributed by atoms with E-state index in [-0.39, 0.29) is 0 Å². The predicted molar refractivity (Wildman–Crippen MR) is 256 cm³/mol. The summed E-state index contributed by atoms with van der Waals surface area (Å²) >= 11 is 0. The van der Waals surface area contributed by atoms with Crippen LogP contribution in [-0.2, 0) is 0 Å². The van der Waals surface area contributed by atoms with Crippen LogP contribution in [0, 0.1) is 20.9 Å². The van der Waals surface area contributed by atoms with Crippen molar-refractivity contribution in [1.29, 1.82) is 0 Å². The van der Waals surface area contributed by atoms with E-state index in [4.69, 9.17) is 20.0 Å². The molecule has 0 atom stereocenters. The van der Waals surface area contributed by atoms with Gasteiger partial charge in [0.15, 0.2) is 0 Å². The second-order valence-corrected chi connectivity index (χ2v) is 16.8. The molecule has 64 heavy (non-hydrogen) atoms. The van der Waals surface area contributed by atoms with Gasteiger partial charge in [-0.2, -0.15) is 0 Å². The molecule has 0 aliphatic carbocycles. The maximum absolute atomic E-state index is 5.21. The fraction of sp³-hybridized carbons (Fsp3) is 0. The van der Waals surface area contributed by atoms with E-state index in [1.54, 1.807) is 0 Å². The Morgan fingerprint density at radius 2 is 0.594 bits per heavy atom. The highest BCUT2D eigenvalue weighted by Gasteiger charge is 2.28. The van der Waals surface area contributed by atoms with E-state index in [0.29, 0.717) is 0 Å². The van der Waals surface area contributed by atoms with Crippen LogP contribution in [0.4, 0.5) is 22.7 Å².